The van der Waals surface area contributed by atoms with Crippen molar-refractivity contribution in [1.29, 1.82) is 0 Å². The smallest absolute Gasteiger partial charge is 0.372 e. The van der Waals surface area contributed by atoms with Crippen LogP contribution in [0.1, 0.15) is 6.42 Å². The van der Waals surface area contributed by atoms with Crippen molar-refractivity contribution >= 4 is 19.7 Å². The van der Waals surface area contributed by atoms with E-state index in [9.17, 15) is 21.6 Å². The highest BCUT2D eigenvalue weighted by molar-refractivity contribution is 8.13. The Labute approximate surface area is 78.2 Å². The lowest BCUT2D eigenvalue weighted by Gasteiger charge is -2.06. The van der Waals surface area contributed by atoms with E-state index in [-0.39, 0.29) is 18.8 Å². The Balaban J connectivity index is 3.39. The van der Waals surface area contributed by atoms with E-state index in [0.717, 1.165) is 0 Å². The molecule has 0 radical (unpaired) electrons. The number of alkyl halides is 3. The van der Waals surface area contributed by atoms with Gasteiger partial charge in [0.1, 0.15) is 6.61 Å². The largest absolute Gasteiger partial charge is 0.411 e. The minimum absolute atomic E-state index is 0.0398. The van der Waals surface area contributed by atoms with E-state index < -0.39 is 21.8 Å². The second-order valence-corrected chi connectivity index (χ2v) is 5.16. The van der Waals surface area contributed by atoms with Crippen molar-refractivity contribution < 1.29 is 26.3 Å². The van der Waals surface area contributed by atoms with E-state index in [1.165, 1.54) is 0 Å². The van der Waals surface area contributed by atoms with Crippen LogP contribution in [0.2, 0.25) is 0 Å². The number of rotatable bonds is 5. The monoisotopic (exact) mass is 240 g/mol. The minimum atomic E-state index is -4.38. The van der Waals surface area contributed by atoms with Gasteiger partial charge in [-0.1, -0.05) is 0 Å². The highest BCUT2D eigenvalue weighted by Crippen LogP contribution is 2.14. The van der Waals surface area contributed by atoms with Gasteiger partial charge in [0.05, 0.1) is 5.75 Å². The summed E-state index contributed by atoms with van der Waals surface area (Å²) < 4.78 is 59.0. The van der Waals surface area contributed by atoms with Gasteiger partial charge in [0, 0.05) is 17.3 Å². The van der Waals surface area contributed by atoms with E-state index in [4.69, 9.17) is 10.7 Å². The number of ether oxygens (including phenoxy) is 1. The lowest BCUT2D eigenvalue weighted by atomic mass is 10.5. The summed E-state index contributed by atoms with van der Waals surface area (Å²) in [5, 5.41) is 0. The first kappa shape index (κ1) is 13.0. The first-order valence-corrected chi connectivity index (χ1v) is 5.75. The first-order chi connectivity index (χ1) is 5.71. The molecular formula is C5H8ClF3O3S. The van der Waals surface area contributed by atoms with Crippen molar-refractivity contribution in [1.82, 2.24) is 0 Å². The molecule has 0 amide bonds. The summed E-state index contributed by atoms with van der Waals surface area (Å²) in [6.45, 7) is -1.64. The quantitative estimate of drug-likeness (QED) is 0.541. The van der Waals surface area contributed by atoms with Crippen LogP contribution in [0, 0.1) is 0 Å². The van der Waals surface area contributed by atoms with E-state index in [0.29, 0.717) is 0 Å². The van der Waals surface area contributed by atoms with Crippen LogP contribution in [0.5, 0.6) is 0 Å². The molecule has 0 bridgehead atoms. The number of halogens is 4. The van der Waals surface area contributed by atoms with Crippen LogP contribution in [-0.2, 0) is 13.8 Å². The van der Waals surface area contributed by atoms with Crippen molar-refractivity contribution in [2.45, 2.75) is 12.6 Å². The Bertz CT molecular complexity index is 236. The summed E-state index contributed by atoms with van der Waals surface area (Å²) in [6.07, 6.45) is -4.41. The van der Waals surface area contributed by atoms with Gasteiger partial charge < -0.3 is 4.74 Å². The second kappa shape index (κ2) is 5.02. The van der Waals surface area contributed by atoms with Gasteiger partial charge in [0.15, 0.2) is 0 Å². The van der Waals surface area contributed by atoms with Gasteiger partial charge in [0.2, 0.25) is 9.05 Å². The number of hydrogen-bond acceptors (Lipinski definition) is 3. The molecular weight excluding hydrogens is 233 g/mol. The molecule has 13 heavy (non-hydrogen) atoms. The molecule has 0 unspecified atom stereocenters. The van der Waals surface area contributed by atoms with Gasteiger partial charge in [0.25, 0.3) is 0 Å². The molecule has 0 heterocycles. The molecule has 0 saturated heterocycles. The van der Waals surface area contributed by atoms with Crippen LogP contribution in [0.15, 0.2) is 0 Å². The van der Waals surface area contributed by atoms with Gasteiger partial charge in [-0.05, 0) is 6.42 Å². The molecule has 0 aliphatic heterocycles. The zero-order valence-corrected chi connectivity index (χ0v) is 8.05. The molecule has 0 atom stereocenters. The fourth-order valence-corrected chi connectivity index (χ4v) is 1.31. The lowest BCUT2D eigenvalue weighted by Crippen LogP contribution is -2.18. The van der Waals surface area contributed by atoms with E-state index in [1.807, 2.05) is 0 Å². The summed E-state index contributed by atoms with van der Waals surface area (Å²) in [4.78, 5) is 0. The topological polar surface area (TPSA) is 43.4 Å². The maximum atomic E-state index is 11.4. The molecule has 3 nitrogen and oxygen atoms in total. The van der Waals surface area contributed by atoms with Crippen molar-refractivity contribution in [3.8, 4) is 0 Å². The Morgan fingerprint density at radius 3 is 2.23 bits per heavy atom. The third-order valence-corrected chi connectivity index (χ3v) is 2.18. The molecule has 0 aromatic rings. The average molecular weight is 241 g/mol. The SMILES string of the molecule is O=S(=O)(Cl)CCCOCC(F)(F)F. The van der Waals surface area contributed by atoms with Gasteiger partial charge in [-0.25, -0.2) is 8.42 Å². The van der Waals surface area contributed by atoms with Crippen LogP contribution in [0.4, 0.5) is 13.2 Å². The number of hydrogen-bond donors (Lipinski definition) is 0. The predicted molar refractivity (Wildman–Crippen MR) is 41.1 cm³/mol. The molecule has 0 rings (SSSR count). The predicted octanol–water partition coefficient (Wildman–Crippen LogP) is 1.52. The van der Waals surface area contributed by atoms with Crippen LogP contribution < -0.4 is 0 Å². The van der Waals surface area contributed by atoms with Crippen LogP contribution in [0.3, 0.4) is 0 Å². The fraction of sp³-hybridized carbons (Fsp3) is 1.00. The lowest BCUT2D eigenvalue weighted by molar-refractivity contribution is -0.173. The fourth-order valence-electron chi connectivity index (χ4n) is 0.521. The Hall–Kier alpha value is -0.0100. The molecule has 0 spiro atoms. The second-order valence-electron chi connectivity index (χ2n) is 2.26. The zero-order chi connectivity index (χ0) is 10.5. The molecule has 0 saturated carbocycles. The van der Waals surface area contributed by atoms with Crippen LogP contribution in [0.25, 0.3) is 0 Å². The summed E-state index contributed by atoms with van der Waals surface area (Å²) >= 11 is 0. The highest BCUT2D eigenvalue weighted by atomic mass is 35.7. The summed E-state index contributed by atoms with van der Waals surface area (Å²) in [6, 6.07) is 0. The van der Waals surface area contributed by atoms with Gasteiger partial charge >= 0.3 is 6.18 Å². The van der Waals surface area contributed by atoms with Gasteiger partial charge in [-0.15, -0.1) is 0 Å². The molecule has 80 valence electrons. The highest BCUT2D eigenvalue weighted by Gasteiger charge is 2.27. The molecule has 0 aromatic heterocycles. The summed E-state index contributed by atoms with van der Waals surface area (Å²) in [7, 11) is 1.17. The Morgan fingerprint density at radius 2 is 1.85 bits per heavy atom. The summed E-state index contributed by atoms with van der Waals surface area (Å²) in [5.74, 6) is -0.383. The Kier molecular flexibility index (Phi) is 5.01. The first-order valence-electron chi connectivity index (χ1n) is 3.27. The Morgan fingerprint density at radius 1 is 1.31 bits per heavy atom. The van der Waals surface area contributed by atoms with E-state index in [1.54, 1.807) is 0 Å². The maximum absolute atomic E-state index is 11.4. The van der Waals surface area contributed by atoms with Crippen LogP contribution in [-0.4, -0.2) is 33.6 Å². The third-order valence-electron chi connectivity index (χ3n) is 0.943. The van der Waals surface area contributed by atoms with Crippen molar-refractivity contribution in [3.63, 3.8) is 0 Å². The normalized spacial score (nSPS) is 13.2. The van der Waals surface area contributed by atoms with E-state index in [2.05, 4.69) is 4.74 Å². The van der Waals surface area contributed by atoms with Gasteiger partial charge in [-0.2, -0.15) is 13.2 Å². The average Bonchev–Trinajstić information content (AvgIpc) is 1.81. The zero-order valence-electron chi connectivity index (χ0n) is 6.47. The van der Waals surface area contributed by atoms with E-state index >= 15 is 0 Å². The standard InChI is InChI=1S/C5H8ClF3O3S/c6-13(10,11)3-1-2-12-4-5(7,8)9/h1-4H2. The molecule has 0 aromatic carbocycles. The summed E-state index contributed by atoms with van der Waals surface area (Å²) in [5.41, 5.74) is 0. The molecule has 0 aliphatic rings. The molecule has 8 heteroatoms. The van der Waals surface area contributed by atoms with Crippen LogP contribution >= 0.6 is 10.7 Å². The molecule has 0 N–H and O–H groups in total. The van der Waals surface area contributed by atoms with Crippen molar-refractivity contribution in [3.05, 3.63) is 0 Å². The minimum Gasteiger partial charge on any atom is -0.372 e. The molecule has 0 aliphatic carbocycles. The van der Waals surface area contributed by atoms with Gasteiger partial charge in [-0.3, -0.25) is 0 Å². The third kappa shape index (κ3) is 12.0. The van der Waals surface area contributed by atoms with Crippen molar-refractivity contribution in [2.24, 2.45) is 0 Å². The maximum Gasteiger partial charge on any atom is 0.411 e. The molecule has 0 fully saturated rings. The van der Waals surface area contributed by atoms with Crippen molar-refractivity contribution in [2.75, 3.05) is 19.0 Å².